The van der Waals surface area contributed by atoms with Gasteiger partial charge in [-0.25, -0.2) is 0 Å². The summed E-state index contributed by atoms with van der Waals surface area (Å²) in [4.78, 5) is 0. The van der Waals surface area contributed by atoms with Crippen molar-refractivity contribution >= 4 is 37.1 Å². The van der Waals surface area contributed by atoms with Crippen LogP contribution in [-0.4, -0.2) is 12.3 Å². The van der Waals surface area contributed by atoms with Crippen LogP contribution in [0.2, 0.25) is 0 Å². The third-order valence-electron chi connectivity index (χ3n) is 5.76. The lowest BCUT2D eigenvalue weighted by atomic mass is 10.2. The van der Waals surface area contributed by atoms with Gasteiger partial charge in [0.25, 0.3) is 0 Å². The zero-order valence-electron chi connectivity index (χ0n) is 20.2. The third-order valence-corrected chi connectivity index (χ3v) is 11.1. The predicted molar refractivity (Wildman–Crippen MR) is 159 cm³/mol. The lowest BCUT2D eigenvalue weighted by Crippen LogP contribution is -2.19. The largest absolute Gasteiger partial charge is 0.0622 e. The first-order valence-electron chi connectivity index (χ1n) is 12.1. The van der Waals surface area contributed by atoms with Crippen molar-refractivity contribution in [3.8, 4) is 0 Å². The molecule has 35 heavy (non-hydrogen) atoms. The van der Waals surface area contributed by atoms with Crippen LogP contribution < -0.4 is 21.2 Å². The standard InChI is InChI=1S/C26H24P2.C7H8/c1-5-13-23(14-6-1)27(24-15-7-2-8-16-24)21-22-28(25-17-9-3-10-18-25)26-19-11-4-12-20-26;1-7-5-3-2-4-6-7/h1-20H,21-22H2;2-6H,1H3. The van der Waals surface area contributed by atoms with E-state index in [-0.39, 0.29) is 15.8 Å². The molecule has 0 fully saturated rings. The van der Waals surface area contributed by atoms with Gasteiger partial charge in [-0.05, 0) is 56.3 Å². The molecular formula is C33H32P2. The van der Waals surface area contributed by atoms with Crippen molar-refractivity contribution in [3.05, 3.63) is 157 Å². The molecule has 0 amide bonds. The van der Waals surface area contributed by atoms with Crippen molar-refractivity contribution in [1.82, 2.24) is 0 Å². The van der Waals surface area contributed by atoms with E-state index in [1.807, 2.05) is 18.2 Å². The number of benzene rings is 5. The van der Waals surface area contributed by atoms with E-state index < -0.39 is 0 Å². The van der Waals surface area contributed by atoms with E-state index in [1.54, 1.807) is 0 Å². The van der Waals surface area contributed by atoms with Crippen molar-refractivity contribution in [2.75, 3.05) is 12.3 Å². The summed E-state index contributed by atoms with van der Waals surface area (Å²) in [5.41, 5.74) is 1.32. The molecule has 0 heterocycles. The van der Waals surface area contributed by atoms with E-state index in [0.29, 0.717) is 0 Å². The van der Waals surface area contributed by atoms with Gasteiger partial charge in [0.15, 0.2) is 0 Å². The van der Waals surface area contributed by atoms with Crippen molar-refractivity contribution < 1.29 is 0 Å². The average molecular weight is 491 g/mol. The zero-order chi connectivity index (χ0) is 24.1. The summed E-state index contributed by atoms with van der Waals surface area (Å²) in [7, 11) is -0.696. The Hall–Kier alpha value is -3.04. The van der Waals surface area contributed by atoms with Crippen LogP contribution in [0.25, 0.3) is 0 Å². The maximum atomic E-state index is 2.30. The summed E-state index contributed by atoms with van der Waals surface area (Å²) < 4.78 is 0. The number of rotatable bonds is 7. The van der Waals surface area contributed by atoms with Gasteiger partial charge in [0.1, 0.15) is 0 Å². The fourth-order valence-corrected chi connectivity index (χ4v) is 9.34. The summed E-state index contributed by atoms with van der Waals surface area (Å²) in [6, 6.07) is 54.5. The van der Waals surface area contributed by atoms with Gasteiger partial charge in [-0.15, -0.1) is 0 Å². The van der Waals surface area contributed by atoms with Crippen LogP contribution in [0.4, 0.5) is 0 Å². The van der Waals surface area contributed by atoms with Crippen LogP contribution in [0.15, 0.2) is 152 Å². The Labute approximate surface area is 213 Å². The van der Waals surface area contributed by atoms with Crippen molar-refractivity contribution in [2.24, 2.45) is 0 Å². The van der Waals surface area contributed by atoms with Crippen LogP contribution >= 0.6 is 15.8 Å². The molecule has 0 radical (unpaired) electrons. The van der Waals surface area contributed by atoms with Gasteiger partial charge in [0.05, 0.1) is 0 Å². The molecule has 5 aromatic carbocycles. The Kier molecular flexibility index (Phi) is 9.85. The first-order chi connectivity index (χ1) is 17.3. The molecule has 0 bridgehead atoms. The second kappa shape index (κ2) is 13.7. The highest BCUT2D eigenvalue weighted by molar-refractivity contribution is 7.76. The van der Waals surface area contributed by atoms with Crippen molar-refractivity contribution in [1.29, 1.82) is 0 Å². The Morgan fingerprint density at radius 3 is 0.771 bits per heavy atom. The average Bonchev–Trinajstić information content (AvgIpc) is 2.94. The summed E-state index contributed by atoms with van der Waals surface area (Å²) >= 11 is 0. The Balaban J connectivity index is 0.000000356. The first kappa shape index (κ1) is 25.1. The highest BCUT2D eigenvalue weighted by Crippen LogP contribution is 2.41. The molecule has 0 spiro atoms. The summed E-state index contributed by atoms with van der Waals surface area (Å²) in [5.74, 6) is 0. The minimum atomic E-state index is -0.348. The predicted octanol–water partition coefficient (Wildman–Crippen LogP) is 7.25. The maximum absolute atomic E-state index is 2.30. The molecular weight excluding hydrogens is 458 g/mol. The van der Waals surface area contributed by atoms with Gasteiger partial charge in [-0.2, -0.15) is 0 Å². The van der Waals surface area contributed by atoms with Gasteiger partial charge in [0, 0.05) is 0 Å². The van der Waals surface area contributed by atoms with E-state index in [0.717, 1.165) is 0 Å². The van der Waals surface area contributed by atoms with Gasteiger partial charge < -0.3 is 0 Å². The third kappa shape index (κ3) is 7.73. The molecule has 0 atom stereocenters. The molecule has 0 aliphatic carbocycles. The van der Waals surface area contributed by atoms with Crippen LogP contribution in [0.1, 0.15) is 5.56 Å². The van der Waals surface area contributed by atoms with Crippen LogP contribution in [0.5, 0.6) is 0 Å². The molecule has 2 heteroatoms. The maximum Gasteiger partial charge on any atom is -0.0195 e. The van der Waals surface area contributed by atoms with Gasteiger partial charge in [-0.3, -0.25) is 0 Å². The number of hydrogen-bond donors (Lipinski definition) is 0. The normalized spacial score (nSPS) is 10.6. The first-order valence-corrected chi connectivity index (χ1v) is 15.1. The lowest BCUT2D eigenvalue weighted by Gasteiger charge is -2.24. The van der Waals surface area contributed by atoms with Gasteiger partial charge in [-0.1, -0.05) is 157 Å². The molecule has 0 saturated carbocycles. The van der Waals surface area contributed by atoms with E-state index in [1.165, 1.54) is 39.1 Å². The van der Waals surface area contributed by atoms with Crippen LogP contribution in [0.3, 0.4) is 0 Å². The highest BCUT2D eigenvalue weighted by Gasteiger charge is 2.19. The van der Waals surface area contributed by atoms with E-state index in [2.05, 4.69) is 140 Å². The minimum Gasteiger partial charge on any atom is -0.0622 e. The molecule has 0 aliphatic heterocycles. The second-order valence-corrected chi connectivity index (χ2v) is 13.0. The zero-order valence-corrected chi connectivity index (χ0v) is 22.0. The van der Waals surface area contributed by atoms with E-state index in [4.69, 9.17) is 0 Å². The smallest absolute Gasteiger partial charge is 0.0195 e. The Bertz CT molecular complexity index is 1060. The highest BCUT2D eigenvalue weighted by atomic mass is 31.1. The summed E-state index contributed by atoms with van der Waals surface area (Å²) in [5, 5.41) is 5.89. The molecule has 0 unspecified atom stereocenters. The summed E-state index contributed by atoms with van der Waals surface area (Å²) in [6.45, 7) is 2.08. The van der Waals surface area contributed by atoms with Crippen LogP contribution in [-0.2, 0) is 0 Å². The summed E-state index contributed by atoms with van der Waals surface area (Å²) in [6.07, 6.45) is 2.41. The molecule has 174 valence electrons. The molecule has 0 aromatic heterocycles. The Morgan fingerprint density at radius 1 is 0.343 bits per heavy atom. The van der Waals surface area contributed by atoms with Crippen molar-refractivity contribution in [2.45, 2.75) is 6.92 Å². The SMILES string of the molecule is Cc1ccccc1.c1ccc(P(CCP(c2ccccc2)c2ccccc2)c2ccccc2)cc1. The molecule has 0 N–H and O–H groups in total. The molecule has 5 aromatic rings. The second-order valence-electron chi connectivity index (χ2n) is 8.30. The molecule has 0 nitrogen and oxygen atoms in total. The van der Waals surface area contributed by atoms with Crippen LogP contribution in [0, 0.1) is 6.92 Å². The molecule has 5 rings (SSSR count). The number of aryl methyl sites for hydroxylation is 1. The molecule has 0 aliphatic rings. The minimum absolute atomic E-state index is 0.348. The van der Waals surface area contributed by atoms with Crippen molar-refractivity contribution in [3.63, 3.8) is 0 Å². The topological polar surface area (TPSA) is 0 Å². The van der Waals surface area contributed by atoms with E-state index in [9.17, 15) is 0 Å². The molecule has 0 saturated heterocycles. The monoisotopic (exact) mass is 490 g/mol. The van der Waals surface area contributed by atoms with Gasteiger partial charge >= 0.3 is 0 Å². The fraction of sp³-hybridized carbons (Fsp3) is 0.0909. The lowest BCUT2D eigenvalue weighted by molar-refractivity contribution is 1.48. The Morgan fingerprint density at radius 2 is 0.571 bits per heavy atom. The fourth-order valence-electron chi connectivity index (χ4n) is 3.98. The van der Waals surface area contributed by atoms with Gasteiger partial charge in [0.2, 0.25) is 0 Å². The quantitative estimate of drug-likeness (QED) is 0.211. The van der Waals surface area contributed by atoms with E-state index >= 15 is 0 Å². The number of hydrogen-bond acceptors (Lipinski definition) is 0.